The van der Waals surface area contributed by atoms with E-state index in [2.05, 4.69) is 10.6 Å². The van der Waals surface area contributed by atoms with Gasteiger partial charge in [-0.15, -0.1) is 0 Å². The fraction of sp³-hybridized carbons (Fsp3) is 0.333. The summed E-state index contributed by atoms with van der Waals surface area (Å²) in [5.41, 5.74) is 2.04. The maximum Gasteiger partial charge on any atom is 0.246 e. The third-order valence-electron chi connectivity index (χ3n) is 4.53. The van der Waals surface area contributed by atoms with Crippen LogP contribution in [0.1, 0.15) is 26.7 Å². The summed E-state index contributed by atoms with van der Waals surface area (Å²) in [6.45, 7) is 4.87. The van der Waals surface area contributed by atoms with E-state index in [1.54, 1.807) is 24.0 Å². The van der Waals surface area contributed by atoms with Gasteiger partial charge in [0.05, 0.1) is 23.0 Å². The van der Waals surface area contributed by atoms with E-state index in [1.807, 2.05) is 37.3 Å². The molecule has 0 saturated carbocycles. The minimum absolute atomic E-state index is 0.0864. The Labute approximate surface area is 169 Å². The Balaban J connectivity index is 1.66. The van der Waals surface area contributed by atoms with Crippen molar-refractivity contribution in [2.45, 2.75) is 32.7 Å². The van der Waals surface area contributed by atoms with Crippen molar-refractivity contribution in [3.8, 4) is 5.75 Å². The average molecular weight is 402 g/mol. The molecule has 28 heavy (non-hydrogen) atoms. The molecule has 2 N–H and O–H groups in total. The smallest absolute Gasteiger partial charge is 0.246 e. The van der Waals surface area contributed by atoms with Crippen LogP contribution in [0.5, 0.6) is 5.75 Å². The van der Waals surface area contributed by atoms with Gasteiger partial charge in [-0.05, 0) is 50.6 Å². The molecule has 1 atom stereocenters. The van der Waals surface area contributed by atoms with Gasteiger partial charge in [0.1, 0.15) is 11.8 Å². The number of hydrogen-bond acceptors (Lipinski definition) is 4. The fourth-order valence-corrected chi connectivity index (χ4v) is 3.41. The molecule has 1 saturated heterocycles. The monoisotopic (exact) mass is 401 g/mol. The number of rotatable bonds is 7. The maximum absolute atomic E-state index is 12.6. The first-order valence-electron chi connectivity index (χ1n) is 9.38. The zero-order valence-corrected chi connectivity index (χ0v) is 16.8. The van der Waals surface area contributed by atoms with Crippen molar-refractivity contribution in [3.05, 3.63) is 47.5 Å². The van der Waals surface area contributed by atoms with Crippen molar-refractivity contribution in [3.63, 3.8) is 0 Å². The van der Waals surface area contributed by atoms with Gasteiger partial charge in [0.2, 0.25) is 11.8 Å². The largest absolute Gasteiger partial charge is 0.492 e. The number of ether oxygens (including phenoxy) is 1. The normalized spacial score (nSPS) is 14.7. The predicted octanol–water partition coefficient (Wildman–Crippen LogP) is 4.30. The van der Waals surface area contributed by atoms with Crippen LogP contribution in [0.15, 0.2) is 42.5 Å². The Morgan fingerprint density at radius 2 is 2.07 bits per heavy atom. The first-order chi connectivity index (χ1) is 13.5. The Morgan fingerprint density at radius 3 is 2.75 bits per heavy atom. The van der Waals surface area contributed by atoms with Gasteiger partial charge in [-0.3, -0.25) is 9.59 Å². The minimum Gasteiger partial charge on any atom is -0.492 e. The second kappa shape index (κ2) is 8.97. The molecule has 0 radical (unpaired) electrons. The highest BCUT2D eigenvalue weighted by Gasteiger charge is 2.24. The lowest BCUT2D eigenvalue weighted by atomic mass is 10.2. The van der Waals surface area contributed by atoms with E-state index in [9.17, 15) is 9.59 Å². The number of amides is 2. The van der Waals surface area contributed by atoms with Gasteiger partial charge in [-0.2, -0.15) is 0 Å². The van der Waals surface area contributed by atoms with Gasteiger partial charge >= 0.3 is 0 Å². The quantitative estimate of drug-likeness (QED) is 0.725. The third-order valence-corrected chi connectivity index (χ3v) is 4.84. The van der Waals surface area contributed by atoms with Crippen LogP contribution in [-0.2, 0) is 9.59 Å². The Kier molecular flexibility index (Phi) is 6.41. The molecule has 0 spiro atoms. The van der Waals surface area contributed by atoms with Crippen LogP contribution in [0, 0.1) is 0 Å². The number of para-hydroxylation sites is 2. The van der Waals surface area contributed by atoms with Crippen LogP contribution in [0.3, 0.4) is 0 Å². The van der Waals surface area contributed by atoms with Gasteiger partial charge in [0.15, 0.2) is 0 Å². The number of halogens is 1. The number of benzene rings is 2. The highest BCUT2D eigenvalue weighted by atomic mass is 35.5. The molecule has 6 nitrogen and oxygen atoms in total. The molecule has 0 aromatic heterocycles. The predicted molar refractivity (Wildman–Crippen MR) is 112 cm³/mol. The highest BCUT2D eigenvalue weighted by Crippen LogP contribution is 2.32. The summed E-state index contributed by atoms with van der Waals surface area (Å²) in [5, 5.41) is 6.50. The van der Waals surface area contributed by atoms with Gasteiger partial charge < -0.3 is 20.3 Å². The van der Waals surface area contributed by atoms with Crippen molar-refractivity contribution in [2.24, 2.45) is 0 Å². The molecule has 0 bridgehead atoms. The number of nitrogens with zero attached hydrogens (tertiary/aromatic N) is 1. The molecule has 1 fully saturated rings. The number of carbonyl (C=O) groups is 2. The summed E-state index contributed by atoms with van der Waals surface area (Å²) in [5.74, 6) is 0.526. The molecule has 2 amide bonds. The lowest BCUT2D eigenvalue weighted by Crippen LogP contribution is -2.32. The average Bonchev–Trinajstić information content (AvgIpc) is 3.09. The number of anilines is 3. The van der Waals surface area contributed by atoms with Crippen LogP contribution >= 0.6 is 11.6 Å². The number of carbonyl (C=O) groups excluding carboxylic acids is 2. The molecule has 3 rings (SSSR count). The second-order valence-electron chi connectivity index (χ2n) is 6.60. The molecule has 1 aliphatic rings. The zero-order chi connectivity index (χ0) is 20.1. The van der Waals surface area contributed by atoms with Crippen molar-refractivity contribution < 1.29 is 14.3 Å². The molecule has 1 aliphatic heterocycles. The summed E-state index contributed by atoms with van der Waals surface area (Å²) >= 11 is 6.37. The molecule has 1 heterocycles. The summed E-state index contributed by atoms with van der Waals surface area (Å²) in [7, 11) is 0. The van der Waals surface area contributed by atoms with Crippen molar-refractivity contribution in [2.75, 3.05) is 28.7 Å². The van der Waals surface area contributed by atoms with E-state index in [0.717, 1.165) is 6.42 Å². The van der Waals surface area contributed by atoms with Crippen LogP contribution < -0.4 is 20.3 Å². The molecular weight excluding hydrogens is 378 g/mol. The summed E-state index contributed by atoms with van der Waals surface area (Å²) < 4.78 is 5.54. The topological polar surface area (TPSA) is 70.7 Å². The van der Waals surface area contributed by atoms with Crippen LogP contribution in [-0.4, -0.2) is 31.0 Å². The Bertz CT molecular complexity index is 872. The van der Waals surface area contributed by atoms with Crippen molar-refractivity contribution >= 4 is 40.5 Å². The van der Waals surface area contributed by atoms with Gasteiger partial charge in [-0.1, -0.05) is 23.7 Å². The van der Waals surface area contributed by atoms with Crippen molar-refractivity contribution in [1.29, 1.82) is 0 Å². The van der Waals surface area contributed by atoms with Gasteiger partial charge in [-0.25, -0.2) is 0 Å². The van der Waals surface area contributed by atoms with E-state index in [4.69, 9.17) is 16.3 Å². The zero-order valence-electron chi connectivity index (χ0n) is 16.0. The van der Waals surface area contributed by atoms with Crippen LogP contribution in [0.2, 0.25) is 5.02 Å². The van der Waals surface area contributed by atoms with Gasteiger partial charge in [0, 0.05) is 18.7 Å². The SMILES string of the molecule is CCOc1ccccc1NC(=O)C(C)Nc1ccc(N2CCCC2=O)c(Cl)c1. The summed E-state index contributed by atoms with van der Waals surface area (Å²) in [6, 6.07) is 12.2. The molecule has 1 unspecified atom stereocenters. The summed E-state index contributed by atoms with van der Waals surface area (Å²) in [4.78, 5) is 26.2. The standard InChI is InChI=1S/C21H24ClN3O3/c1-3-28-19-8-5-4-7-17(19)24-21(27)14(2)23-15-10-11-18(16(22)13-15)25-12-6-9-20(25)26/h4-5,7-8,10-11,13-14,23H,3,6,9,12H2,1-2H3,(H,24,27). The third kappa shape index (κ3) is 4.57. The molecule has 2 aromatic carbocycles. The first-order valence-corrected chi connectivity index (χ1v) is 9.76. The van der Waals surface area contributed by atoms with Gasteiger partial charge in [0.25, 0.3) is 0 Å². The molecule has 148 valence electrons. The number of hydrogen-bond donors (Lipinski definition) is 2. The first kappa shape index (κ1) is 20.0. The molecule has 0 aliphatic carbocycles. The lowest BCUT2D eigenvalue weighted by Gasteiger charge is -2.20. The minimum atomic E-state index is -0.495. The molecule has 7 heteroatoms. The van der Waals surface area contributed by atoms with Crippen LogP contribution in [0.25, 0.3) is 0 Å². The number of nitrogens with one attached hydrogen (secondary N) is 2. The van der Waals surface area contributed by atoms with E-state index >= 15 is 0 Å². The Morgan fingerprint density at radius 1 is 1.29 bits per heavy atom. The molecule has 2 aromatic rings. The summed E-state index contributed by atoms with van der Waals surface area (Å²) in [6.07, 6.45) is 1.40. The van der Waals surface area contributed by atoms with E-state index in [-0.39, 0.29) is 11.8 Å². The maximum atomic E-state index is 12.6. The van der Waals surface area contributed by atoms with E-state index in [1.165, 1.54) is 0 Å². The van der Waals surface area contributed by atoms with E-state index in [0.29, 0.717) is 47.4 Å². The van der Waals surface area contributed by atoms with E-state index < -0.39 is 6.04 Å². The van der Waals surface area contributed by atoms with Crippen LogP contribution in [0.4, 0.5) is 17.1 Å². The fourth-order valence-electron chi connectivity index (χ4n) is 3.13. The van der Waals surface area contributed by atoms with Crippen molar-refractivity contribution in [1.82, 2.24) is 0 Å². The highest BCUT2D eigenvalue weighted by molar-refractivity contribution is 6.34. The molecular formula is C21H24ClN3O3. The lowest BCUT2D eigenvalue weighted by molar-refractivity contribution is -0.117. The second-order valence-corrected chi connectivity index (χ2v) is 7.01. The Hall–Kier alpha value is -2.73.